The normalized spacial score (nSPS) is 11.3. The molecule has 0 fully saturated rings. The smallest absolute Gasteiger partial charge is 0.0464 e. The molecule has 0 saturated carbocycles. The van der Waals surface area contributed by atoms with Gasteiger partial charge in [0.2, 0.25) is 0 Å². The summed E-state index contributed by atoms with van der Waals surface area (Å²) >= 11 is 0. The summed E-state index contributed by atoms with van der Waals surface area (Å²) in [4.78, 5) is 2.43. The fraction of sp³-hybridized carbons (Fsp3) is 0.0667. The van der Waals surface area contributed by atoms with Crippen LogP contribution in [0, 0.1) is 41.5 Å². The number of allylic oxidation sites excluding steroid dienone is 6. The van der Waals surface area contributed by atoms with Crippen molar-refractivity contribution >= 4 is 52.0 Å². The minimum atomic E-state index is 1.10. The van der Waals surface area contributed by atoms with Crippen LogP contribution in [0.1, 0.15) is 83.5 Å². The predicted molar refractivity (Wildman–Crippen MR) is 393 cm³/mol. The largest absolute Gasteiger partial charge is 0.310 e. The molecular formula is C90H75N. The second-order valence-corrected chi connectivity index (χ2v) is 23.6. The van der Waals surface area contributed by atoms with Crippen molar-refractivity contribution in [1.29, 1.82) is 0 Å². The average Bonchev–Trinajstić information content (AvgIpc) is 0.910. The number of anilines is 3. The molecule has 0 radical (unpaired) electrons. The lowest BCUT2D eigenvalue weighted by Crippen LogP contribution is -2.11. The van der Waals surface area contributed by atoms with Gasteiger partial charge in [-0.1, -0.05) is 309 Å². The standard InChI is InChI=1S/C90H75N/c1-64-58-70(28-25-43-88(73-31-13-7-14-32-73)74-33-15-8-16-34-74)46-52-82(64)85-55-49-79(61-67(85)4)91(80-50-56-86(68(5)62-80)83-53-47-71(59-65(83)2)29-26-44-89(75-35-17-9-18-36-75)76-37-19-10-20-38-76)81-51-57-87(69(6)63-81)84-54-48-72(60-66(84)3)30-27-45-90(77-39-21-11-22-40-77)78-41-23-12-24-42-78/h7-63H,1-6H3. The number of nitrogens with zero attached hydrogens (tertiary/aromatic N) is 1. The van der Waals surface area contributed by atoms with E-state index in [1.165, 1.54) is 117 Å². The van der Waals surface area contributed by atoms with Crippen LogP contribution in [0.15, 0.2) is 328 Å². The zero-order chi connectivity index (χ0) is 62.5. The highest BCUT2D eigenvalue weighted by Crippen LogP contribution is 2.42. The molecule has 440 valence electrons. The summed E-state index contributed by atoms with van der Waals surface area (Å²) in [6, 6.07) is 105. The van der Waals surface area contributed by atoms with Crippen LogP contribution in [0.5, 0.6) is 0 Å². The van der Waals surface area contributed by atoms with Gasteiger partial charge in [0.25, 0.3) is 0 Å². The van der Waals surface area contributed by atoms with Gasteiger partial charge in [-0.15, -0.1) is 0 Å². The zero-order valence-electron chi connectivity index (χ0n) is 52.9. The van der Waals surface area contributed by atoms with E-state index in [9.17, 15) is 0 Å². The first kappa shape index (κ1) is 60.2. The Morgan fingerprint density at radius 1 is 0.220 bits per heavy atom. The van der Waals surface area contributed by atoms with Crippen LogP contribution >= 0.6 is 0 Å². The predicted octanol–water partition coefficient (Wildman–Crippen LogP) is 24.4. The number of hydrogen-bond donors (Lipinski definition) is 0. The highest BCUT2D eigenvalue weighted by molar-refractivity contribution is 5.87. The molecule has 1 heteroatoms. The van der Waals surface area contributed by atoms with E-state index in [-0.39, 0.29) is 0 Å². The molecule has 12 rings (SSSR count). The maximum atomic E-state index is 2.43. The molecule has 0 N–H and O–H groups in total. The molecule has 0 spiro atoms. The van der Waals surface area contributed by atoms with E-state index in [0.717, 1.165) is 33.8 Å². The summed E-state index contributed by atoms with van der Waals surface area (Å²) in [6.45, 7) is 13.4. The van der Waals surface area contributed by atoms with E-state index in [4.69, 9.17) is 0 Å². The molecule has 0 bridgehead atoms. The quantitative estimate of drug-likeness (QED) is 0.0774. The van der Waals surface area contributed by atoms with E-state index in [0.29, 0.717) is 0 Å². The molecule has 0 aliphatic rings. The lowest BCUT2D eigenvalue weighted by molar-refractivity contribution is 1.25. The molecule has 0 aliphatic heterocycles. The van der Waals surface area contributed by atoms with Crippen LogP contribution in [-0.2, 0) is 0 Å². The van der Waals surface area contributed by atoms with E-state index in [1.807, 2.05) is 0 Å². The van der Waals surface area contributed by atoms with Crippen molar-refractivity contribution in [2.75, 3.05) is 4.90 Å². The molecule has 12 aromatic carbocycles. The van der Waals surface area contributed by atoms with E-state index in [1.54, 1.807) is 0 Å². The molecule has 91 heavy (non-hydrogen) atoms. The minimum Gasteiger partial charge on any atom is -0.310 e. The van der Waals surface area contributed by atoms with Gasteiger partial charge in [-0.25, -0.2) is 0 Å². The maximum Gasteiger partial charge on any atom is 0.0464 e. The molecule has 0 aliphatic carbocycles. The van der Waals surface area contributed by atoms with Gasteiger partial charge in [-0.2, -0.15) is 0 Å². The van der Waals surface area contributed by atoms with Gasteiger partial charge in [-0.3, -0.25) is 0 Å². The van der Waals surface area contributed by atoms with Gasteiger partial charge in [0.1, 0.15) is 0 Å². The Bertz CT molecular complexity index is 4090. The molecule has 0 amide bonds. The Balaban J connectivity index is 0.851. The Kier molecular flexibility index (Phi) is 18.8. The first-order valence-electron chi connectivity index (χ1n) is 31.5. The van der Waals surface area contributed by atoms with Crippen LogP contribution in [-0.4, -0.2) is 0 Å². The van der Waals surface area contributed by atoms with Crippen LogP contribution < -0.4 is 4.90 Å². The Morgan fingerprint density at radius 2 is 0.418 bits per heavy atom. The first-order valence-corrected chi connectivity index (χ1v) is 31.5. The molecule has 1 nitrogen and oxygen atoms in total. The van der Waals surface area contributed by atoms with Crippen molar-refractivity contribution in [2.45, 2.75) is 41.5 Å². The highest BCUT2D eigenvalue weighted by Gasteiger charge is 2.19. The third-order valence-electron chi connectivity index (χ3n) is 17.2. The van der Waals surface area contributed by atoms with Gasteiger partial charge in [0.15, 0.2) is 0 Å². The van der Waals surface area contributed by atoms with Gasteiger partial charge in [0, 0.05) is 17.1 Å². The second-order valence-electron chi connectivity index (χ2n) is 23.6. The van der Waals surface area contributed by atoms with Crippen LogP contribution in [0.3, 0.4) is 0 Å². The van der Waals surface area contributed by atoms with Crippen molar-refractivity contribution in [3.8, 4) is 33.4 Å². The summed E-state index contributed by atoms with van der Waals surface area (Å²) in [7, 11) is 0. The Morgan fingerprint density at radius 3 is 0.615 bits per heavy atom. The fourth-order valence-electron chi connectivity index (χ4n) is 12.5. The molecule has 0 aromatic heterocycles. The number of aryl methyl sites for hydroxylation is 6. The third-order valence-corrected chi connectivity index (χ3v) is 17.2. The SMILES string of the molecule is Cc1cc(C=CC=C(c2ccccc2)c2ccccc2)ccc1-c1ccc(N(c2ccc(-c3ccc(C=CC=C(c4ccccc4)c4ccccc4)cc3C)c(C)c2)c2ccc(-c3ccc(C=CC=C(c4ccccc4)c4ccccc4)cc3C)c(C)c2)cc1C. The number of rotatable bonds is 18. The first-order chi connectivity index (χ1) is 44.6. The zero-order valence-corrected chi connectivity index (χ0v) is 52.9. The van der Waals surface area contributed by atoms with E-state index < -0.39 is 0 Å². The Labute approximate surface area is 539 Å². The van der Waals surface area contributed by atoms with Crippen molar-refractivity contribution in [2.24, 2.45) is 0 Å². The van der Waals surface area contributed by atoms with Gasteiger partial charge in [0.05, 0.1) is 0 Å². The topological polar surface area (TPSA) is 3.24 Å². The summed E-state index contributed by atoms with van der Waals surface area (Å²) in [5, 5.41) is 0. The highest BCUT2D eigenvalue weighted by atomic mass is 15.1. The molecule has 0 heterocycles. The van der Waals surface area contributed by atoms with Gasteiger partial charge >= 0.3 is 0 Å². The summed E-state index contributed by atoms with van der Waals surface area (Å²) in [5.41, 5.74) is 32.2. The molecular weight excluding hydrogens is 1090 g/mol. The van der Waals surface area contributed by atoms with Gasteiger partial charge < -0.3 is 4.90 Å². The van der Waals surface area contributed by atoms with Crippen molar-refractivity contribution < 1.29 is 0 Å². The lowest BCUT2D eigenvalue weighted by atomic mass is 9.93. The van der Waals surface area contributed by atoms with E-state index in [2.05, 4.69) is 392 Å². The second kappa shape index (κ2) is 28.4. The molecule has 0 unspecified atom stereocenters. The van der Waals surface area contributed by atoms with Crippen LogP contribution in [0.25, 0.3) is 68.3 Å². The molecule has 0 saturated heterocycles. The van der Waals surface area contributed by atoms with Crippen molar-refractivity contribution in [3.63, 3.8) is 0 Å². The average molecular weight is 1170 g/mol. The van der Waals surface area contributed by atoms with Crippen LogP contribution in [0.2, 0.25) is 0 Å². The summed E-state index contributed by atoms with van der Waals surface area (Å²) in [5.74, 6) is 0. The Hall–Kier alpha value is -11.1. The van der Waals surface area contributed by atoms with E-state index >= 15 is 0 Å². The number of benzene rings is 12. The fourth-order valence-corrected chi connectivity index (χ4v) is 12.5. The lowest BCUT2D eigenvalue weighted by Gasteiger charge is -2.28. The van der Waals surface area contributed by atoms with Crippen LogP contribution in [0.4, 0.5) is 17.1 Å². The monoisotopic (exact) mass is 1170 g/mol. The molecule has 12 aromatic rings. The maximum absolute atomic E-state index is 2.43. The van der Waals surface area contributed by atoms with Crippen molar-refractivity contribution in [1.82, 2.24) is 0 Å². The third kappa shape index (κ3) is 14.2. The van der Waals surface area contributed by atoms with Crippen molar-refractivity contribution in [3.05, 3.63) is 411 Å². The summed E-state index contributed by atoms with van der Waals surface area (Å²) in [6.07, 6.45) is 19.8. The summed E-state index contributed by atoms with van der Waals surface area (Å²) < 4.78 is 0. The van der Waals surface area contributed by atoms with Gasteiger partial charge in [-0.05, 0) is 211 Å². The number of hydrogen-bond acceptors (Lipinski definition) is 1. The molecule has 0 atom stereocenters. The minimum absolute atomic E-state index is 1.10.